The van der Waals surface area contributed by atoms with Gasteiger partial charge in [0.05, 0.1) is 10.6 Å². The van der Waals surface area contributed by atoms with Gasteiger partial charge in [-0.2, -0.15) is 0 Å². The average Bonchev–Trinajstić information content (AvgIpc) is 2.90. The number of sulfonamides is 1. The number of carbonyl (C=O) groups excluding carboxylic acids is 2. The fourth-order valence-electron chi connectivity index (χ4n) is 3.95. The highest BCUT2D eigenvalue weighted by atomic mass is 35.5. The molecular weight excluding hydrogens is 593 g/mol. The van der Waals surface area contributed by atoms with Gasteiger partial charge in [-0.1, -0.05) is 78.0 Å². The maximum Gasteiger partial charge on any atom is 0.264 e. The number of hydrogen-bond acceptors (Lipinski definition) is 4. The topological polar surface area (TPSA) is 86.8 Å². The Kier molecular flexibility index (Phi) is 11.3. The van der Waals surface area contributed by atoms with Gasteiger partial charge in [0.1, 0.15) is 12.6 Å². The summed E-state index contributed by atoms with van der Waals surface area (Å²) < 4.78 is 28.7. The van der Waals surface area contributed by atoms with Crippen molar-refractivity contribution in [3.05, 3.63) is 92.9 Å². The molecule has 0 unspecified atom stereocenters. The van der Waals surface area contributed by atoms with Crippen molar-refractivity contribution >= 4 is 62.3 Å². The third-order valence-electron chi connectivity index (χ3n) is 6.29. The lowest BCUT2D eigenvalue weighted by Crippen LogP contribution is -2.51. The van der Waals surface area contributed by atoms with Crippen molar-refractivity contribution in [2.45, 2.75) is 51.1 Å². The number of rotatable bonds is 12. The number of anilines is 1. The first kappa shape index (κ1) is 31.7. The smallest absolute Gasteiger partial charge is 0.264 e. The molecule has 1 atom stereocenters. The number of aryl methyl sites for hydroxylation is 1. The van der Waals surface area contributed by atoms with Crippen LogP contribution in [0.25, 0.3) is 0 Å². The van der Waals surface area contributed by atoms with Crippen LogP contribution in [0, 0.1) is 6.92 Å². The molecule has 0 fully saturated rings. The average molecular weight is 625 g/mol. The van der Waals surface area contributed by atoms with E-state index in [1.54, 1.807) is 43.3 Å². The summed E-state index contributed by atoms with van der Waals surface area (Å²) in [5, 5.41) is 3.80. The molecule has 7 nitrogen and oxygen atoms in total. The molecule has 214 valence electrons. The molecule has 0 aliphatic rings. The Balaban J connectivity index is 2.03. The van der Waals surface area contributed by atoms with Gasteiger partial charge in [0.2, 0.25) is 11.8 Å². The van der Waals surface area contributed by atoms with E-state index in [0.717, 1.165) is 28.3 Å². The molecule has 3 aromatic rings. The second-order valence-electron chi connectivity index (χ2n) is 9.42. The Labute approximate surface area is 251 Å². The molecule has 3 aromatic carbocycles. The van der Waals surface area contributed by atoms with Crippen molar-refractivity contribution < 1.29 is 18.0 Å². The number of nitrogens with zero attached hydrogens (tertiary/aromatic N) is 2. The minimum absolute atomic E-state index is 0.00314. The minimum Gasteiger partial charge on any atom is -0.354 e. The van der Waals surface area contributed by atoms with Crippen LogP contribution in [-0.4, -0.2) is 44.3 Å². The quantitative estimate of drug-likeness (QED) is 0.234. The van der Waals surface area contributed by atoms with Gasteiger partial charge < -0.3 is 10.2 Å². The summed E-state index contributed by atoms with van der Waals surface area (Å²) in [7, 11) is -4.22. The maximum atomic E-state index is 13.9. The van der Waals surface area contributed by atoms with Crippen molar-refractivity contribution in [2.24, 2.45) is 0 Å². The largest absolute Gasteiger partial charge is 0.354 e. The van der Waals surface area contributed by atoms with Crippen LogP contribution in [0.15, 0.2) is 71.6 Å². The van der Waals surface area contributed by atoms with E-state index in [-0.39, 0.29) is 33.1 Å². The zero-order chi connectivity index (χ0) is 29.4. The van der Waals surface area contributed by atoms with Crippen molar-refractivity contribution in [1.82, 2.24) is 10.2 Å². The number of halogens is 3. The van der Waals surface area contributed by atoms with Crippen LogP contribution in [0.3, 0.4) is 0 Å². The standard InChI is InChI=1S/C29H32Cl3N3O4S/c1-4-5-14-33-29(37)21(3)34(18-22-8-10-23(30)11-9-22)28(36)19-35(26-16-24(31)15-25(32)17-26)40(38,39)27-12-6-20(2)7-13-27/h6-13,15-17,21H,4-5,14,18-19H2,1-3H3,(H,33,37)/t21-/m0/s1. The third-order valence-corrected chi connectivity index (χ3v) is 8.76. The second-order valence-corrected chi connectivity index (χ2v) is 12.6. The molecule has 0 saturated carbocycles. The molecule has 0 saturated heterocycles. The van der Waals surface area contributed by atoms with Gasteiger partial charge in [-0.3, -0.25) is 13.9 Å². The molecule has 0 bridgehead atoms. The lowest BCUT2D eigenvalue weighted by atomic mass is 10.1. The van der Waals surface area contributed by atoms with Crippen molar-refractivity contribution in [1.29, 1.82) is 0 Å². The summed E-state index contributed by atoms with van der Waals surface area (Å²) in [6.45, 7) is 5.41. The highest BCUT2D eigenvalue weighted by Crippen LogP contribution is 2.30. The van der Waals surface area contributed by atoms with Crippen LogP contribution in [0.1, 0.15) is 37.8 Å². The summed E-state index contributed by atoms with van der Waals surface area (Å²) in [5.74, 6) is -0.922. The molecule has 11 heteroatoms. The van der Waals surface area contributed by atoms with Crippen LogP contribution >= 0.6 is 34.8 Å². The normalized spacial score (nSPS) is 12.1. The number of nitrogens with one attached hydrogen (secondary N) is 1. The zero-order valence-electron chi connectivity index (χ0n) is 22.5. The number of hydrogen-bond donors (Lipinski definition) is 1. The van der Waals surface area contributed by atoms with Crippen LogP contribution in [0.4, 0.5) is 5.69 Å². The van der Waals surface area contributed by atoms with Crippen molar-refractivity contribution in [2.75, 3.05) is 17.4 Å². The third kappa shape index (κ3) is 8.36. The van der Waals surface area contributed by atoms with Gasteiger partial charge >= 0.3 is 0 Å². The molecule has 2 amide bonds. The van der Waals surface area contributed by atoms with Crippen molar-refractivity contribution in [3.63, 3.8) is 0 Å². The Bertz CT molecular complexity index is 1410. The summed E-state index contributed by atoms with van der Waals surface area (Å²) in [6.07, 6.45) is 1.69. The summed E-state index contributed by atoms with van der Waals surface area (Å²) in [5.41, 5.74) is 1.73. The van der Waals surface area contributed by atoms with E-state index in [0.29, 0.717) is 11.6 Å². The van der Waals surface area contributed by atoms with Gasteiger partial charge in [-0.05, 0) is 68.3 Å². The number of amides is 2. The second kappa shape index (κ2) is 14.2. The van der Waals surface area contributed by atoms with Gasteiger partial charge in [0.15, 0.2) is 0 Å². The summed E-state index contributed by atoms with van der Waals surface area (Å²) in [4.78, 5) is 28.3. The van der Waals surface area contributed by atoms with Crippen LogP contribution < -0.4 is 9.62 Å². The van der Waals surface area contributed by atoms with E-state index in [4.69, 9.17) is 34.8 Å². The Morgan fingerprint density at radius 2 is 1.50 bits per heavy atom. The SMILES string of the molecule is CCCCNC(=O)[C@H](C)N(Cc1ccc(Cl)cc1)C(=O)CN(c1cc(Cl)cc(Cl)c1)S(=O)(=O)c1ccc(C)cc1. The van der Waals surface area contributed by atoms with E-state index >= 15 is 0 Å². The molecule has 0 spiro atoms. The van der Waals surface area contributed by atoms with Gasteiger partial charge in [0, 0.05) is 28.2 Å². The summed E-state index contributed by atoms with van der Waals surface area (Å²) >= 11 is 18.5. The van der Waals surface area contributed by atoms with Gasteiger partial charge in [-0.15, -0.1) is 0 Å². The number of unbranched alkanes of at least 4 members (excludes halogenated alkanes) is 1. The lowest BCUT2D eigenvalue weighted by Gasteiger charge is -2.32. The molecule has 1 N–H and O–H groups in total. The van der Waals surface area contributed by atoms with Gasteiger partial charge in [0.25, 0.3) is 10.0 Å². The zero-order valence-corrected chi connectivity index (χ0v) is 25.6. The van der Waals surface area contributed by atoms with Crippen LogP contribution in [0.5, 0.6) is 0 Å². The van der Waals surface area contributed by atoms with Crippen LogP contribution in [-0.2, 0) is 26.2 Å². The van der Waals surface area contributed by atoms with Crippen molar-refractivity contribution in [3.8, 4) is 0 Å². The molecular formula is C29H32Cl3N3O4S. The van der Waals surface area contributed by atoms with E-state index in [2.05, 4.69) is 5.32 Å². The van der Waals surface area contributed by atoms with Crippen LogP contribution in [0.2, 0.25) is 15.1 Å². The molecule has 0 heterocycles. The monoisotopic (exact) mass is 623 g/mol. The first-order valence-electron chi connectivity index (χ1n) is 12.8. The Morgan fingerprint density at radius 1 is 0.900 bits per heavy atom. The molecule has 0 radical (unpaired) electrons. The Hall–Kier alpha value is -2.78. The highest BCUT2D eigenvalue weighted by molar-refractivity contribution is 7.92. The molecule has 3 rings (SSSR count). The molecule has 0 aromatic heterocycles. The van der Waals surface area contributed by atoms with Gasteiger partial charge in [-0.25, -0.2) is 8.42 Å². The molecule has 0 aliphatic carbocycles. The van der Waals surface area contributed by atoms with E-state index in [1.807, 2.05) is 13.8 Å². The number of carbonyl (C=O) groups is 2. The van der Waals surface area contributed by atoms with E-state index < -0.39 is 28.5 Å². The first-order chi connectivity index (χ1) is 18.9. The highest BCUT2D eigenvalue weighted by Gasteiger charge is 2.32. The first-order valence-corrected chi connectivity index (χ1v) is 15.4. The van der Waals surface area contributed by atoms with E-state index in [1.165, 1.54) is 35.2 Å². The predicted molar refractivity (Wildman–Crippen MR) is 162 cm³/mol. The lowest BCUT2D eigenvalue weighted by molar-refractivity contribution is -0.139. The predicted octanol–water partition coefficient (Wildman–Crippen LogP) is 6.48. The minimum atomic E-state index is -4.22. The fraction of sp³-hybridized carbons (Fsp3) is 0.310. The number of benzene rings is 3. The molecule has 40 heavy (non-hydrogen) atoms. The maximum absolute atomic E-state index is 13.9. The molecule has 0 aliphatic heterocycles. The fourth-order valence-corrected chi connectivity index (χ4v) is 5.99. The van der Waals surface area contributed by atoms with E-state index in [9.17, 15) is 18.0 Å². The Morgan fingerprint density at radius 3 is 2.08 bits per heavy atom. The summed E-state index contributed by atoms with van der Waals surface area (Å²) in [6, 6.07) is 16.6.